The van der Waals surface area contributed by atoms with Gasteiger partial charge >= 0.3 is 0 Å². The van der Waals surface area contributed by atoms with Gasteiger partial charge in [0.2, 0.25) is 11.0 Å². The van der Waals surface area contributed by atoms with Crippen LogP contribution in [0.25, 0.3) is 11.3 Å². The van der Waals surface area contributed by atoms with Crippen LogP contribution in [-0.4, -0.2) is 21.4 Å². The number of hydrogen-bond donors (Lipinski definition) is 1. The highest BCUT2D eigenvalue weighted by Crippen LogP contribution is 2.39. The molecule has 1 aliphatic heterocycles. The lowest BCUT2D eigenvalue weighted by molar-refractivity contribution is 0.224. The van der Waals surface area contributed by atoms with Gasteiger partial charge in [-0.15, -0.1) is 10.2 Å². The number of fused-ring (bicyclic) bond motifs is 3. The second-order valence-corrected chi connectivity index (χ2v) is 7.76. The number of para-hydroxylation sites is 1. The molecule has 1 aromatic heterocycles. The van der Waals surface area contributed by atoms with Crippen molar-refractivity contribution in [3.8, 4) is 22.9 Å². The molecule has 1 N–H and O–H groups in total. The van der Waals surface area contributed by atoms with Crippen LogP contribution in [0.5, 0.6) is 11.6 Å². The lowest BCUT2D eigenvalue weighted by atomic mass is 10.1. The maximum Gasteiger partial charge on any atom is 0.247 e. The van der Waals surface area contributed by atoms with Crippen LogP contribution < -0.4 is 14.8 Å². The number of ether oxygens (including phenoxy) is 2. The first-order valence-corrected chi connectivity index (χ1v) is 11.1. The number of benzene rings is 3. The van der Waals surface area contributed by atoms with Gasteiger partial charge in [0.1, 0.15) is 12.4 Å². The molecule has 0 spiro atoms. The van der Waals surface area contributed by atoms with Crippen molar-refractivity contribution >= 4 is 17.4 Å². The van der Waals surface area contributed by atoms with Gasteiger partial charge in [-0.2, -0.15) is 4.98 Å². The summed E-state index contributed by atoms with van der Waals surface area (Å²) in [6, 6.07) is 25.9. The van der Waals surface area contributed by atoms with Crippen molar-refractivity contribution in [2.24, 2.45) is 0 Å². The number of nitrogens with one attached hydrogen (secondary N) is 1. The number of nitrogens with zero attached hydrogens (tertiary/aromatic N) is 3. The second kappa shape index (κ2) is 8.65. The van der Waals surface area contributed by atoms with Gasteiger partial charge < -0.3 is 14.8 Å². The van der Waals surface area contributed by atoms with Crippen LogP contribution in [0.15, 0.2) is 84.0 Å². The minimum atomic E-state index is -0.450. The Morgan fingerprint density at radius 1 is 0.968 bits per heavy atom. The fraction of sp³-hybridized carbons (Fsp3) is 0.125. The van der Waals surface area contributed by atoms with E-state index >= 15 is 0 Å². The van der Waals surface area contributed by atoms with Crippen molar-refractivity contribution in [3.63, 3.8) is 0 Å². The largest absolute Gasteiger partial charge is 0.489 e. The number of rotatable bonds is 5. The molecule has 4 aromatic rings. The highest BCUT2D eigenvalue weighted by atomic mass is 32.2. The third-order valence-corrected chi connectivity index (χ3v) is 5.46. The molecule has 1 aliphatic rings. The van der Waals surface area contributed by atoms with Crippen LogP contribution in [0.2, 0.25) is 0 Å². The van der Waals surface area contributed by atoms with Crippen LogP contribution in [-0.2, 0) is 6.61 Å². The van der Waals surface area contributed by atoms with Gasteiger partial charge in [0.15, 0.2) is 11.9 Å². The van der Waals surface area contributed by atoms with Crippen LogP contribution in [0, 0.1) is 0 Å². The summed E-state index contributed by atoms with van der Waals surface area (Å²) in [5.41, 5.74) is 4.49. The molecule has 31 heavy (non-hydrogen) atoms. The smallest absolute Gasteiger partial charge is 0.247 e. The molecular weight excluding hydrogens is 408 g/mol. The molecule has 2 heterocycles. The zero-order valence-electron chi connectivity index (χ0n) is 16.9. The van der Waals surface area contributed by atoms with Crippen molar-refractivity contribution < 1.29 is 9.47 Å². The topological polar surface area (TPSA) is 69.2 Å². The predicted molar refractivity (Wildman–Crippen MR) is 121 cm³/mol. The average Bonchev–Trinajstić information content (AvgIpc) is 3.00. The predicted octanol–water partition coefficient (Wildman–Crippen LogP) is 5.34. The van der Waals surface area contributed by atoms with Crippen molar-refractivity contribution in [3.05, 3.63) is 90.0 Å². The fourth-order valence-corrected chi connectivity index (χ4v) is 3.69. The van der Waals surface area contributed by atoms with E-state index in [9.17, 15) is 0 Å². The Balaban J connectivity index is 1.46. The Bertz CT molecular complexity index is 1200. The molecule has 3 aromatic carbocycles. The molecule has 1 atom stereocenters. The molecule has 0 aliphatic carbocycles. The van der Waals surface area contributed by atoms with E-state index in [1.54, 1.807) is 0 Å². The zero-order valence-corrected chi connectivity index (χ0v) is 17.7. The van der Waals surface area contributed by atoms with E-state index < -0.39 is 6.23 Å². The molecule has 0 fully saturated rings. The number of anilines is 1. The van der Waals surface area contributed by atoms with Gasteiger partial charge in [-0.05, 0) is 30.0 Å². The summed E-state index contributed by atoms with van der Waals surface area (Å²) in [4.78, 5) is 4.56. The first kappa shape index (κ1) is 19.4. The van der Waals surface area contributed by atoms with Crippen molar-refractivity contribution in [2.75, 3.05) is 11.6 Å². The normalized spacial score (nSPS) is 14.4. The molecular formula is C24H20N4O2S. The van der Waals surface area contributed by atoms with Crippen LogP contribution >= 0.6 is 11.8 Å². The van der Waals surface area contributed by atoms with E-state index in [1.165, 1.54) is 11.8 Å². The highest BCUT2D eigenvalue weighted by Gasteiger charge is 2.26. The van der Waals surface area contributed by atoms with Crippen molar-refractivity contribution in [1.82, 2.24) is 15.2 Å². The summed E-state index contributed by atoms with van der Waals surface area (Å²) in [6.07, 6.45) is 1.46. The minimum absolute atomic E-state index is 0.450. The van der Waals surface area contributed by atoms with E-state index in [-0.39, 0.29) is 0 Å². The third-order valence-electron chi connectivity index (χ3n) is 4.93. The van der Waals surface area contributed by atoms with Gasteiger partial charge in [-0.25, -0.2) is 0 Å². The molecule has 7 heteroatoms. The van der Waals surface area contributed by atoms with Crippen molar-refractivity contribution in [2.45, 2.75) is 18.0 Å². The molecule has 0 bridgehead atoms. The standard InChI is InChI=1S/C24H20N4O2S/c1-31-24-26-23-21(27-28-24)19-12-5-6-13-20(19)25-22(30-23)17-10-7-11-18(14-17)29-15-16-8-3-2-4-9-16/h2-14,22,25H,15H2,1H3/t22-/m0/s1. The summed E-state index contributed by atoms with van der Waals surface area (Å²) in [7, 11) is 0. The molecule has 154 valence electrons. The van der Waals surface area contributed by atoms with Crippen molar-refractivity contribution in [1.29, 1.82) is 0 Å². The average molecular weight is 429 g/mol. The lowest BCUT2D eigenvalue weighted by Crippen LogP contribution is -2.17. The van der Waals surface area contributed by atoms with Crippen LogP contribution in [0.3, 0.4) is 0 Å². The van der Waals surface area contributed by atoms with Gasteiger partial charge in [0.05, 0.1) is 0 Å². The maximum absolute atomic E-state index is 6.29. The Morgan fingerprint density at radius 2 is 1.81 bits per heavy atom. The minimum Gasteiger partial charge on any atom is -0.489 e. The summed E-state index contributed by atoms with van der Waals surface area (Å²) in [6.45, 7) is 0.503. The Kier molecular flexibility index (Phi) is 5.41. The summed E-state index contributed by atoms with van der Waals surface area (Å²) in [5.74, 6) is 1.23. The van der Waals surface area contributed by atoms with Gasteiger partial charge in [0, 0.05) is 16.8 Å². The molecule has 0 amide bonds. The Morgan fingerprint density at radius 3 is 2.68 bits per heavy atom. The van der Waals surface area contributed by atoms with Gasteiger partial charge in [-0.3, -0.25) is 0 Å². The second-order valence-electron chi connectivity index (χ2n) is 6.99. The summed E-state index contributed by atoms with van der Waals surface area (Å²) in [5, 5.41) is 12.6. The zero-order chi connectivity index (χ0) is 21.0. The first-order valence-electron chi connectivity index (χ1n) is 9.88. The molecule has 0 saturated heterocycles. The lowest BCUT2D eigenvalue weighted by Gasteiger charge is -2.20. The summed E-state index contributed by atoms with van der Waals surface area (Å²) < 4.78 is 12.3. The molecule has 0 radical (unpaired) electrons. The number of thioether (sulfide) groups is 1. The van der Waals surface area contributed by atoms with E-state index in [0.29, 0.717) is 23.3 Å². The molecule has 6 nitrogen and oxygen atoms in total. The Labute approximate surface area is 184 Å². The SMILES string of the molecule is CSc1nnc2c(n1)O[C@@H](c1cccc(OCc3ccccc3)c1)Nc1ccccc1-2. The van der Waals surface area contributed by atoms with E-state index in [4.69, 9.17) is 9.47 Å². The number of hydrogen-bond acceptors (Lipinski definition) is 7. The van der Waals surface area contributed by atoms with E-state index in [0.717, 1.165) is 28.1 Å². The Hall–Kier alpha value is -3.58. The third kappa shape index (κ3) is 4.18. The first-order chi connectivity index (χ1) is 15.3. The van der Waals surface area contributed by atoms with Crippen LogP contribution in [0.4, 0.5) is 5.69 Å². The monoisotopic (exact) mass is 428 g/mol. The quantitative estimate of drug-likeness (QED) is 0.430. The van der Waals surface area contributed by atoms with Gasteiger partial charge in [0.25, 0.3) is 0 Å². The summed E-state index contributed by atoms with van der Waals surface area (Å²) >= 11 is 1.43. The molecule has 5 rings (SSSR count). The molecule has 0 unspecified atom stereocenters. The highest BCUT2D eigenvalue weighted by molar-refractivity contribution is 7.98. The maximum atomic E-state index is 6.29. The van der Waals surface area contributed by atoms with Crippen LogP contribution in [0.1, 0.15) is 17.4 Å². The molecule has 0 saturated carbocycles. The fourth-order valence-electron chi connectivity index (χ4n) is 3.39. The van der Waals surface area contributed by atoms with Gasteiger partial charge in [-0.1, -0.05) is 72.4 Å². The van der Waals surface area contributed by atoms with E-state index in [1.807, 2.05) is 85.1 Å². The number of aromatic nitrogens is 3. The van der Waals surface area contributed by atoms with E-state index in [2.05, 4.69) is 20.5 Å².